The Morgan fingerprint density at radius 3 is 3.00 bits per heavy atom. The van der Waals surface area contributed by atoms with Gasteiger partial charge in [0.2, 0.25) is 0 Å². The third kappa shape index (κ3) is 5.20. The van der Waals surface area contributed by atoms with Gasteiger partial charge >= 0.3 is 0 Å². The number of pyridine rings is 2. The lowest BCUT2D eigenvalue weighted by atomic mass is 10.1. The van der Waals surface area contributed by atoms with E-state index in [9.17, 15) is 0 Å². The lowest BCUT2D eigenvalue weighted by Crippen LogP contribution is -2.80. The highest BCUT2D eigenvalue weighted by molar-refractivity contribution is 6.29. The van der Waals surface area contributed by atoms with Gasteiger partial charge in [-0.05, 0) is 25.2 Å². The molecule has 0 radical (unpaired) electrons. The largest absolute Gasteiger partial charge is 0.379 e. The molecule has 1 fully saturated rings. The van der Waals surface area contributed by atoms with Gasteiger partial charge in [-0.25, -0.2) is 4.98 Å². The van der Waals surface area contributed by atoms with E-state index in [2.05, 4.69) is 31.7 Å². The van der Waals surface area contributed by atoms with Crippen LogP contribution >= 0.6 is 11.6 Å². The fraction of sp³-hybridized carbons (Fsp3) is 0.444. The molecule has 2 aromatic rings. The van der Waals surface area contributed by atoms with E-state index in [1.54, 1.807) is 6.07 Å². The molecule has 6 nitrogen and oxygen atoms in total. The average Bonchev–Trinajstić information content (AvgIpc) is 2.64. The normalized spacial score (nSPS) is 16.5. The van der Waals surface area contributed by atoms with Gasteiger partial charge in [-0.3, -0.25) is 9.88 Å². The van der Waals surface area contributed by atoms with Crippen LogP contribution in [0.25, 0.3) is 16.6 Å². The lowest BCUT2D eigenvalue weighted by molar-refractivity contribution is -0.587. The summed E-state index contributed by atoms with van der Waals surface area (Å²) in [6.07, 6.45) is 4.08. The van der Waals surface area contributed by atoms with Gasteiger partial charge in [0.1, 0.15) is 5.15 Å². The molecule has 0 atom stereocenters. The molecule has 1 aliphatic heterocycles. The lowest BCUT2D eigenvalue weighted by Gasteiger charge is -2.25. The Morgan fingerprint density at radius 1 is 1.36 bits per heavy atom. The number of rotatable bonds is 7. The smallest absolute Gasteiger partial charge is 0.129 e. The Bertz CT molecular complexity index is 730. The Kier molecular flexibility index (Phi) is 6.72. The number of morpholine rings is 1. The van der Waals surface area contributed by atoms with E-state index < -0.39 is 0 Å². The Balaban J connectivity index is 1.66. The first-order chi connectivity index (χ1) is 12.3. The molecule has 134 valence electrons. The number of halogens is 1. The first kappa shape index (κ1) is 18.2. The van der Waals surface area contributed by atoms with E-state index in [0.717, 1.165) is 62.5 Å². The Morgan fingerprint density at radius 2 is 2.20 bits per heavy atom. The highest BCUT2D eigenvalue weighted by atomic mass is 35.5. The van der Waals surface area contributed by atoms with Crippen molar-refractivity contribution in [2.45, 2.75) is 0 Å². The summed E-state index contributed by atoms with van der Waals surface area (Å²) in [6, 6.07) is 5.71. The van der Waals surface area contributed by atoms with E-state index in [-0.39, 0.29) is 0 Å². The number of ether oxygens (including phenoxy) is 1. The fourth-order valence-corrected chi connectivity index (χ4v) is 3.07. The Hall–Kier alpha value is -1.57. The molecule has 0 unspecified atom stereocenters. The molecule has 0 aliphatic carbocycles. The molecule has 0 bridgehead atoms. The molecule has 0 amide bonds. The minimum absolute atomic E-state index is 0.489. The number of hydrogen-bond donors (Lipinski definition) is 2. The van der Waals surface area contributed by atoms with E-state index in [1.807, 2.05) is 25.4 Å². The van der Waals surface area contributed by atoms with Crippen LogP contribution in [0.3, 0.4) is 0 Å². The highest BCUT2D eigenvalue weighted by Gasteiger charge is 2.10. The Labute approximate surface area is 153 Å². The van der Waals surface area contributed by atoms with Crippen LogP contribution in [-0.2, 0) is 4.74 Å². The molecule has 0 saturated carbocycles. The van der Waals surface area contributed by atoms with Crippen molar-refractivity contribution in [3.8, 4) is 0 Å². The van der Waals surface area contributed by atoms with Crippen molar-refractivity contribution < 1.29 is 10.1 Å². The number of nitrogens with one attached hydrogen (secondary N) is 1. The summed E-state index contributed by atoms with van der Waals surface area (Å²) in [5.74, 6) is 0. The van der Waals surface area contributed by atoms with E-state index in [0.29, 0.717) is 5.15 Å². The summed E-state index contributed by atoms with van der Waals surface area (Å²) in [5.41, 5.74) is 3.94. The highest BCUT2D eigenvalue weighted by Crippen LogP contribution is 2.18. The second kappa shape index (κ2) is 9.22. The number of aromatic nitrogens is 2. The molecule has 3 N–H and O–H groups in total. The third-order valence-electron chi connectivity index (χ3n) is 4.28. The van der Waals surface area contributed by atoms with Crippen LogP contribution < -0.4 is 10.6 Å². The summed E-state index contributed by atoms with van der Waals surface area (Å²) >= 11 is 6.00. The topological polar surface area (TPSA) is 66.9 Å². The maximum atomic E-state index is 6.00. The molecule has 0 spiro atoms. The minimum Gasteiger partial charge on any atom is -0.379 e. The van der Waals surface area contributed by atoms with Crippen LogP contribution in [-0.4, -0.2) is 67.9 Å². The fourth-order valence-electron chi connectivity index (χ4n) is 2.91. The second-order valence-corrected chi connectivity index (χ2v) is 6.48. The SMILES string of the molecule is CNCC(=C[NH2+]CCN1CCOCC1)c1cnc2ccc(Cl)nc2c1. The summed E-state index contributed by atoms with van der Waals surface area (Å²) in [6.45, 7) is 6.63. The molecule has 2 aromatic heterocycles. The monoisotopic (exact) mass is 362 g/mol. The summed E-state index contributed by atoms with van der Waals surface area (Å²) in [5, 5.41) is 5.95. The number of fused-ring (bicyclic) bond motifs is 1. The maximum absolute atomic E-state index is 6.00. The second-order valence-electron chi connectivity index (χ2n) is 6.10. The van der Waals surface area contributed by atoms with E-state index in [1.165, 1.54) is 5.57 Å². The van der Waals surface area contributed by atoms with E-state index >= 15 is 0 Å². The van der Waals surface area contributed by atoms with Crippen molar-refractivity contribution in [3.05, 3.63) is 41.3 Å². The minimum atomic E-state index is 0.489. The quantitative estimate of drug-likeness (QED) is 0.561. The van der Waals surface area contributed by atoms with Crippen LogP contribution in [0.5, 0.6) is 0 Å². The molecule has 7 heteroatoms. The van der Waals surface area contributed by atoms with Gasteiger partial charge in [0.05, 0.1) is 37.0 Å². The first-order valence-corrected chi connectivity index (χ1v) is 9.04. The van der Waals surface area contributed by atoms with Gasteiger partial charge in [-0.15, -0.1) is 0 Å². The summed E-state index contributed by atoms with van der Waals surface area (Å²) in [7, 11) is 1.95. The first-order valence-electron chi connectivity index (χ1n) is 8.66. The average molecular weight is 363 g/mol. The van der Waals surface area contributed by atoms with Crippen molar-refractivity contribution >= 4 is 28.2 Å². The molecule has 1 aliphatic rings. The molecule has 0 aromatic carbocycles. The standard InChI is InChI=1S/C18H24ClN5O/c1-20-11-15(12-21-4-5-24-6-8-25-9-7-24)14-10-17-16(22-13-14)2-3-18(19)23-17/h2-3,10,12-13,20-21H,4-9,11H2,1H3/p+1. The van der Waals surface area contributed by atoms with Crippen molar-refractivity contribution in [1.29, 1.82) is 0 Å². The van der Waals surface area contributed by atoms with Gasteiger partial charge in [0.25, 0.3) is 0 Å². The van der Waals surface area contributed by atoms with Crippen molar-refractivity contribution in [2.75, 3.05) is 53.0 Å². The van der Waals surface area contributed by atoms with Crippen LogP contribution in [0.2, 0.25) is 5.15 Å². The van der Waals surface area contributed by atoms with Crippen LogP contribution in [0, 0.1) is 0 Å². The van der Waals surface area contributed by atoms with Crippen LogP contribution in [0.4, 0.5) is 0 Å². The van der Waals surface area contributed by atoms with Crippen molar-refractivity contribution in [2.24, 2.45) is 0 Å². The molecule has 3 heterocycles. The number of nitrogens with zero attached hydrogens (tertiary/aromatic N) is 3. The third-order valence-corrected chi connectivity index (χ3v) is 4.49. The van der Waals surface area contributed by atoms with Gasteiger partial charge < -0.3 is 15.4 Å². The van der Waals surface area contributed by atoms with Crippen LogP contribution in [0.1, 0.15) is 5.56 Å². The zero-order valence-electron chi connectivity index (χ0n) is 14.5. The van der Waals surface area contributed by atoms with Gasteiger partial charge in [0.15, 0.2) is 0 Å². The predicted molar refractivity (Wildman–Crippen MR) is 101 cm³/mol. The molecular weight excluding hydrogens is 338 g/mol. The number of hydrogen-bond acceptors (Lipinski definition) is 5. The molecular formula is C18H25ClN5O+. The zero-order chi connectivity index (χ0) is 17.5. The van der Waals surface area contributed by atoms with E-state index in [4.69, 9.17) is 16.3 Å². The zero-order valence-corrected chi connectivity index (χ0v) is 15.3. The maximum Gasteiger partial charge on any atom is 0.129 e. The van der Waals surface area contributed by atoms with Gasteiger partial charge in [-0.1, -0.05) is 11.6 Å². The summed E-state index contributed by atoms with van der Waals surface area (Å²) < 4.78 is 5.38. The van der Waals surface area contributed by atoms with Crippen molar-refractivity contribution in [1.82, 2.24) is 20.2 Å². The van der Waals surface area contributed by atoms with Gasteiger partial charge in [0, 0.05) is 43.5 Å². The van der Waals surface area contributed by atoms with Gasteiger partial charge in [-0.2, -0.15) is 0 Å². The predicted octanol–water partition coefficient (Wildman–Crippen LogP) is 0.739. The summed E-state index contributed by atoms with van der Waals surface area (Å²) in [4.78, 5) is 11.3. The number of likely N-dealkylation sites (N-methyl/N-ethyl adjacent to an activating group) is 1. The van der Waals surface area contributed by atoms with Crippen LogP contribution in [0.15, 0.2) is 30.6 Å². The van der Waals surface area contributed by atoms with Crippen molar-refractivity contribution in [3.63, 3.8) is 0 Å². The molecule has 1 saturated heterocycles. The molecule has 3 rings (SSSR count). The number of nitrogens with two attached hydrogens (primary N) is 1. The molecule has 25 heavy (non-hydrogen) atoms. The number of quaternary nitrogens is 1.